The molecule has 0 aromatic carbocycles. The molecule has 2 atom stereocenters. The summed E-state index contributed by atoms with van der Waals surface area (Å²) in [5.74, 6) is 0.679. The standard InChI is InChI=1S/C17H27NO2S/c1-2-7-18-16(15-4-11-21-13-15)14-3-8-20-17(12-14)5-9-19-10-6-17/h4,11,13-14,16,18H,2-3,5-10,12H2,1H3. The molecule has 2 unspecified atom stereocenters. The van der Waals surface area contributed by atoms with E-state index in [1.165, 1.54) is 24.8 Å². The highest BCUT2D eigenvalue weighted by Crippen LogP contribution is 2.42. The molecule has 0 amide bonds. The monoisotopic (exact) mass is 309 g/mol. The van der Waals surface area contributed by atoms with Gasteiger partial charge in [0.2, 0.25) is 0 Å². The summed E-state index contributed by atoms with van der Waals surface area (Å²) < 4.78 is 11.7. The van der Waals surface area contributed by atoms with Gasteiger partial charge in [-0.15, -0.1) is 0 Å². The fraction of sp³-hybridized carbons (Fsp3) is 0.765. The van der Waals surface area contributed by atoms with Crippen LogP contribution in [0.5, 0.6) is 0 Å². The topological polar surface area (TPSA) is 30.5 Å². The van der Waals surface area contributed by atoms with Crippen molar-refractivity contribution in [2.45, 2.75) is 50.7 Å². The van der Waals surface area contributed by atoms with E-state index in [0.717, 1.165) is 39.2 Å². The van der Waals surface area contributed by atoms with Crippen molar-refractivity contribution in [3.05, 3.63) is 22.4 Å². The van der Waals surface area contributed by atoms with Gasteiger partial charge >= 0.3 is 0 Å². The second kappa shape index (κ2) is 7.23. The normalized spacial score (nSPS) is 26.8. The quantitative estimate of drug-likeness (QED) is 0.898. The van der Waals surface area contributed by atoms with Crippen molar-refractivity contribution >= 4 is 11.3 Å². The van der Waals surface area contributed by atoms with Crippen molar-refractivity contribution < 1.29 is 9.47 Å². The number of hydrogen-bond donors (Lipinski definition) is 1. The van der Waals surface area contributed by atoms with Crippen LogP contribution >= 0.6 is 11.3 Å². The van der Waals surface area contributed by atoms with Crippen LogP contribution in [0.1, 0.15) is 50.6 Å². The zero-order valence-electron chi connectivity index (χ0n) is 13.0. The minimum Gasteiger partial charge on any atom is -0.381 e. The minimum absolute atomic E-state index is 0.0866. The number of nitrogens with one attached hydrogen (secondary N) is 1. The van der Waals surface area contributed by atoms with Crippen LogP contribution in [0.4, 0.5) is 0 Å². The molecule has 0 bridgehead atoms. The van der Waals surface area contributed by atoms with Gasteiger partial charge in [-0.05, 0) is 67.0 Å². The van der Waals surface area contributed by atoms with Gasteiger partial charge in [-0.1, -0.05) is 6.92 Å². The first kappa shape index (κ1) is 15.5. The Hall–Kier alpha value is -0.420. The molecule has 0 saturated carbocycles. The van der Waals surface area contributed by atoms with Gasteiger partial charge in [0.15, 0.2) is 0 Å². The van der Waals surface area contributed by atoms with E-state index in [4.69, 9.17) is 9.47 Å². The molecule has 3 heterocycles. The summed E-state index contributed by atoms with van der Waals surface area (Å²) in [6.07, 6.45) is 5.65. The predicted octanol–water partition coefficient (Wildman–Crippen LogP) is 3.76. The second-order valence-corrected chi connectivity index (χ2v) is 7.17. The van der Waals surface area contributed by atoms with Crippen LogP contribution < -0.4 is 5.32 Å². The van der Waals surface area contributed by atoms with E-state index in [1.54, 1.807) is 11.3 Å². The van der Waals surface area contributed by atoms with Gasteiger partial charge in [0, 0.05) is 25.9 Å². The maximum Gasteiger partial charge on any atom is 0.0729 e. The van der Waals surface area contributed by atoms with Crippen molar-refractivity contribution in [3.8, 4) is 0 Å². The summed E-state index contributed by atoms with van der Waals surface area (Å²) in [6, 6.07) is 2.77. The van der Waals surface area contributed by atoms with E-state index in [9.17, 15) is 0 Å². The first-order valence-electron chi connectivity index (χ1n) is 8.30. The molecule has 1 aromatic heterocycles. The van der Waals surface area contributed by atoms with Gasteiger partial charge in [-0.2, -0.15) is 11.3 Å². The third-order valence-electron chi connectivity index (χ3n) is 4.92. The van der Waals surface area contributed by atoms with Crippen LogP contribution in [0.2, 0.25) is 0 Å². The van der Waals surface area contributed by atoms with Gasteiger partial charge in [0.25, 0.3) is 0 Å². The summed E-state index contributed by atoms with van der Waals surface area (Å²) >= 11 is 1.80. The maximum absolute atomic E-state index is 6.20. The number of ether oxygens (including phenoxy) is 2. The Bertz CT molecular complexity index is 409. The Morgan fingerprint density at radius 3 is 2.95 bits per heavy atom. The highest BCUT2D eigenvalue weighted by atomic mass is 32.1. The van der Waals surface area contributed by atoms with E-state index >= 15 is 0 Å². The zero-order chi connectivity index (χ0) is 14.5. The molecule has 1 N–H and O–H groups in total. The molecule has 4 heteroatoms. The summed E-state index contributed by atoms with van der Waals surface area (Å²) in [4.78, 5) is 0. The highest BCUT2D eigenvalue weighted by molar-refractivity contribution is 7.07. The molecule has 3 nitrogen and oxygen atoms in total. The molecule has 2 aliphatic rings. The lowest BCUT2D eigenvalue weighted by molar-refractivity contribution is -0.150. The molecule has 3 rings (SSSR count). The first-order valence-corrected chi connectivity index (χ1v) is 9.24. The molecule has 1 spiro atoms. The summed E-state index contributed by atoms with van der Waals surface area (Å²) in [5, 5.41) is 8.28. The van der Waals surface area contributed by atoms with Crippen LogP contribution in [0.25, 0.3) is 0 Å². The van der Waals surface area contributed by atoms with Gasteiger partial charge in [0.05, 0.1) is 5.60 Å². The third kappa shape index (κ3) is 3.67. The number of rotatable bonds is 5. The average molecular weight is 309 g/mol. The predicted molar refractivity (Wildman–Crippen MR) is 86.8 cm³/mol. The molecule has 2 saturated heterocycles. The highest BCUT2D eigenvalue weighted by Gasteiger charge is 2.41. The lowest BCUT2D eigenvalue weighted by atomic mass is 9.76. The van der Waals surface area contributed by atoms with Crippen molar-refractivity contribution in [1.82, 2.24) is 5.32 Å². The lowest BCUT2D eigenvalue weighted by Gasteiger charge is -2.45. The molecule has 2 aliphatic heterocycles. The second-order valence-electron chi connectivity index (χ2n) is 6.39. The Balaban J connectivity index is 1.72. The third-order valence-corrected chi connectivity index (χ3v) is 5.62. The zero-order valence-corrected chi connectivity index (χ0v) is 13.8. The average Bonchev–Trinajstić information content (AvgIpc) is 3.03. The van der Waals surface area contributed by atoms with Gasteiger partial charge < -0.3 is 14.8 Å². The Morgan fingerprint density at radius 1 is 1.38 bits per heavy atom. The summed E-state index contributed by atoms with van der Waals surface area (Å²) in [7, 11) is 0. The van der Waals surface area contributed by atoms with Gasteiger partial charge in [0.1, 0.15) is 0 Å². The summed E-state index contributed by atoms with van der Waals surface area (Å²) in [5.41, 5.74) is 1.55. The van der Waals surface area contributed by atoms with Crippen LogP contribution in [0.15, 0.2) is 16.8 Å². The minimum atomic E-state index is 0.0866. The number of thiophene rings is 1. The molecule has 21 heavy (non-hydrogen) atoms. The van der Waals surface area contributed by atoms with Crippen LogP contribution in [-0.4, -0.2) is 32.0 Å². The van der Waals surface area contributed by atoms with Crippen LogP contribution in [-0.2, 0) is 9.47 Å². The Kier molecular flexibility index (Phi) is 5.33. The molecule has 118 valence electrons. The fourth-order valence-electron chi connectivity index (χ4n) is 3.75. The van der Waals surface area contributed by atoms with E-state index in [-0.39, 0.29) is 5.60 Å². The SMILES string of the molecule is CCCNC(c1ccsc1)C1CCOC2(CCOCC2)C1. The van der Waals surface area contributed by atoms with E-state index < -0.39 is 0 Å². The fourth-order valence-corrected chi connectivity index (χ4v) is 4.45. The maximum atomic E-state index is 6.20. The lowest BCUT2D eigenvalue weighted by Crippen LogP contribution is -2.47. The molecule has 2 fully saturated rings. The van der Waals surface area contributed by atoms with Crippen molar-refractivity contribution in [2.75, 3.05) is 26.4 Å². The van der Waals surface area contributed by atoms with Crippen molar-refractivity contribution in [3.63, 3.8) is 0 Å². The number of hydrogen-bond acceptors (Lipinski definition) is 4. The molecular weight excluding hydrogens is 282 g/mol. The largest absolute Gasteiger partial charge is 0.381 e. The van der Waals surface area contributed by atoms with Crippen LogP contribution in [0.3, 0.4) is 0 Å². The molecular formula is C17H27NO2S. The molecule has 0 radical (unpaired) electrons. The van der Waals surface area contributed by atoms with E-state index in [2.05, 4.69) is 29.1 Å². The Morgan fingerprint density at radius 2 is 2.24 bits per heavy atom. The van der Waals surface area contributed by atoms with E-state index in [0.29, 0.717) is 12.0 Å². The van der Waals surface area contributed by atoms with Gasteiger partial charge in [-0.3, -0.25) is 0 Å². The van der Waals surface area contributed by atoms with E-state index in [1.807, 2.05) is 0 Å². The smallest absolute Gasteiger partial charge is 0.0729 e. The van der Waals surface area contributed by atoms with Crippen molar-refractivity contribution in [1.29, 1.82) is 0 Å². The molecule has 1 aromatic rings. The van der Waals surface area contributed by atoms with Crippen LogP contribution in [0, 0.1) is 5.92 Å². The first-order chi connectivity index (χ1) is 10.3. The Labute approximate surface area is 132 Å². The van der Waals surface area contributed by atoms with Crippen molar-refractivity contribution in [2.24, 2.45) is 5.92 Å². The summed E-state index contributed by atoms with van der Waals surface area (Å²) in [6.45, 7) is 5.95. The molecule has 0 aliphatic carbocycles. The van der Waals surface area contributed by atoms with Gasteiger partial charge in [-0.25, -0.2) is 0 Å².